The number of hydrogen-bond acceptors (Lipinski definition) is 4. The first-order valence-corrected chi connectivity index (χ1v) is 8.42. The van der Waals surface area contributed by atoms with Gasteiger partial charge < -0.3 is 10.1 Å². The molecule has 6 nitrogen and oxygen atoms in total. The molecule has 25 heavy (non-hydrogen) atoms. The van der Waals surface area contributed by atoms with Crippen LogP contribution >= 0.6 is 11.6 Å². The molecule has 1 heterocycles. The molecule has 1 aromatic carbocycles. The summed E-state index contributed by atoms with van der Waals surface area (Å²) in [6.45, 7) is 1.38. The molecule has 0 unspecified atom stereocenters. The van der Waals surface area contributed by atoms with Gasteiger partial charge in [0.05, 0.1) is 12.3 Å². The molecule has 2 N–H and O–H groups in total. The van der Waals surface area contributed by atoms with Gasteiger partial charge in [-0.05, 0) is 55.7 Å². The van der Waals surface area contributed by atoms with Crippen LogP contribution in [0.4, 0.5) is 5.69 Å². The summed E-state index contributed by atoms with van der Waals surface area (Å²) in [4.78, 5) is 8.26. The van der Waals surface area contributed by atoms with Crippen LogP contribution in [-0.2, 0) is 0 Å². The summed E-state index contributed by atoms with van der Waals surface area (Å²) in [5.41, 5.74) is 0.733. The van der Waals surface area contributed by atoms with Gasteiger partial charge in [-0.2, -0.15) is 5.26 Å². The third-order valence-electron chi connectivity index (χ3n) is 3.27. The molecule has 1 aromatic heterocycles. The first kappa shape index (κ1) is 18.6. The SMILES string of the molecule is N#CN/C(=N\c1ccncc1)NCCCCCOc1ccc(Cl)cc1. The monoisotopic (exact) mass is 357 g/mol. The highest BCUT2D eigenvalue weighted by molar-refractivity contribution is 6.30. The van der Waals surface area contributed by atoms with Crippen molar-refractivity contribution >= 4 is 23.2 Å². The number of rotatable bonds is 8. The fraction of sp³-hybridized carbons (Fsp3) is 0.278. The van der Waals surface area contributed by atoms with E-state index in [1.165, 1.54) is 0 Å². The Labute approximate surface area is 152 Å². The van der Waals surface area contributed by atoms with Gasteiger partial charge in [0.2, 0.25) is 5.96 Å². The molecule has 0 aliphatic rings. The smallest absolute Gasteiger partial charge is 0.209 e. The van der Waals surface area contributed by atoms with Crippen LogP contribution in [0.2, 0.25) is 5.02 Å². The lowest BCUT2D eigenvalue weighted by Gasteiger charge is -2.08. The summed E-state index contributed by atoms with van der Waals surface area (Å²) in [6.07, 6.45) is 8.11. The molecule has 0 saturated carbocycles. The number of unbranched alkanes of at least 4 members (excludes halogenated alkanes) is 2. The van der Waals surface area contributed by atoms with Gasteiger partial charge in [0.15, 0.2) is 6.19 Å². The number of aromatic nitrogens is 1. The number of benzene rings is 1. The average molecular weight is 358 g/mol. The number of nitrogens with one attached hydrogen (secondary N) is 2. The molecule has 0 atom stereocenters. The van der Waals surface area contributed by atoms with Crippen LogP contribution in [0.15, 0.2) is 53.8 Å². The molecule has 0 fully saturated rings. The molecule has 0 saturated heterocycles. The van der Waals surface area contributed by atoms with Gasteiger partial charge in [0, 0.05) is 24.0 Å². The van der Waals surface area contributed by atoms with Crippen LogP contribution in [-0.4, -0.2) is 24.1 Å². The van der Waals surface area contributed by atoms with Crippen molar-refractivity contribution in [3.63, 3.8) is 0 Å². The van der Waals surface area contributed by atoms with E-state index in [1.807, 2.05) is 30.5 Å². The van der Waals surface area contributed by atoms with Crippen molar-refractivity contribution in [2.24, 2.45) is 4.99 Å². The Hall–Kier alpha value is -2.78. The van der Waals surface area contributed by atoms with Crippen LogP contribution in [0, 0.1) is 11.5 Å². The first-order valence-electron chi connectivity index (χ1n) is 8.04. The largest absolute Gasteiger partial charge is 0.494 e. The number of hydrogen-bond donors (Lipinski definition) is 2. The zero-order chi connectivity index (χ0) is 17.7. The minimum absolute atomic E-state index is 0.436. The summed E-state index contributed by atoms with van der Waals surface area (Å²) in [5.74, 6) is 1.26. The number of nitrogens with zero attached hydrogens (tertiary/aromatic N) is 3. The number of nitriles is 1. The Bertz CT molecular complexity index is 698. The standard InChI is InChI=1S/C18H20ClN5O/c19-15-4-6-17(7-5-15)25-13-3-1-2-10-22-18(23-14-20)24-16-8-11-21-12-9-16/h4-9,11-12H,1-3,10,13H2,(H2,21,22,23,24). The third-order valence-corrected chi connectivity index (χ3v) is 3.53. The summed E-state index contributed by atoms with van der Waals surface area (Å²) in [5, 5.41) is 15.2. The van der Waals surface area contributed by atoms with E-state index >= 15 is 0 Å². The van der Waals surface area contributed by atoms with Crippen LogP contribution in [0.3, 0.4) is 0 Å². The van der Waals surface area contributed by atoms with E-state index in [0.29, 0.717) is 17.6 Å². The Morgan fingerprint density at radius 1 is 1.12 bits per heavy atom. The first-order chi connectivity index (χ1) is 12.3. The van der Waals surface area contributed by atoms with Gasteiger partial charge in [-0.25, -0.2) is 4.99 Å². The van der Waals surface area contributed by atoms with Crippen molar-refractivity contribution in [3.8, 4) is 11.9 Å². The zero-order valence-electron chi connectivity index (χ0n) is 13.8. The summed E-state index contributed by atoms with van der Waals surface area (Å²) in [7, 11) is 0. The minimum atomic E-state index is 0.436. The van der Waals surface area contributed by atoms with Crippen LogP contribution in [0.1, 0.15) is 19.3 Å². The molecule has 0 aliphatic heterocycles. The molecule has 0 radical (unpaired) electrons. The predicted octanol–water partition coefficient (Wildman–Crippen LogP) is 3.63. The summed E-state index contributed by atoms with van der Waals surface area (Å²) < 4.78 is 5.64. The highest BCUT2D eigenvalue weighted by atomic mass is 35.5. The van der Waals surface area contributed by atoms with E-state index in [2.05, 4.69) is 20.6 Å². The molecule has 0 amide bonds. The van der Waals surface area contributed by atoms with E-state index < -0.39 is 0 Å². The fourth-order valence-electron chi connectivity index (χ4n) is 2.04. The molecule has 0 spiro atoms. The molecule has 0 aliphatic carbocycles. The van der Waals surface area contributed by atoms with Crippen molar-refractivity contribution in [1.29, 1.82) is 5.26 Å². The number of halogens is 1. The van der Waals surface area contributed by atoms with Gasteiger partial charge in [-0.1, -0.05) is 11.6 Å². The van der Waals surface area contributed by atoms with Gasteiger partial charge in [0.1, 0.15) is 5.75 Å². The second-order valence-corrected chi connectivity index (χ2v) is 5.63. The molecule has 7 heteroatoms. The second kappa shape index (κ2) is 10.9. The number of aliphatic imine (C=N–C) groups is 1. The van der Waals surface area contributed by atoms with E-state index in [9.17, 15) is 0 Å². The van der Waals surface area contributed by atoms with Crippen molar-refractivity contribution in [2.45, 2.75) is 19.3 Å². The number of ether oxygens (including phenoxy) is 1. The van der Waals surface area contributed by atoms with Crippen molar-refractivity contribution in [1.82, 2.24) is 15.6 Å². The quantitative estimate of drug-likeness (QED) is 0.248. The molecular formula is C18H20ClN5O. The Kier molecular flexibility index (Phi) is 8.09. The maximum Gasteiger partial charge on any atom is 0.209 e. The van der Waals surface area contributed by atoms with Crippen LogP contribution in [0.25, 0.3) is 0 Å². The normalized spacial score (nSPS) is 10.8. The predicted molar refractivity (Wildman–Crippen MR) is 98.9 cm³/mol. The van der Waals surface area contributed by atoms with Gasteiger partial charge in [-0.15, -0.1) is 0 Å². The van der Waals surface area contributed by atoms with Gasteiger partial charge in [-0.3, -0.25) is 10.3 Å². The highest BCUT2D eigenvalue weighted by Crippen LogP contribution is 2.15. The lowest BCUT2D eigenvalue weighted by Crippen LogP contribution is -2.34. The Balaban J connectivity index is 1.63. The average Bonchev–Trinajstić information content (AvgIpc) is 2.63. The summed E-state index contributed by atoms with van der Waals surface area (Å²) in [6, 6.07) is 10.9. The van der Waals surface area contributed by atoms with E-state index in [1.54, 1.807) is 24.5 Å². The highest BCUT2D eigenvalue weighted by Gasteiger charge is 1.99. The third kappa shape index (κ3) is 7.55. The fourth-order valence-corrected chi connectivity index (χ4v) is 2.17. The maximum atomic E-state index is 8.79. The molecule has 2 rings (SSSR count). The lowest BCUT2D eigenvalue weighted by molar-refractivity contribution is 0.305. The molecule has 2 aromatic rings. The number of guanidine groups is 1. The van der Waals surface area contributed by atoms with Gasteiger partial charge in [0.25, 0.3) is 0 Å². The van der Waals surface area contributed by atoms with Crippen LogP contribution < -0.4 is 15.4 Å². The maximum absolute atomic E-state index is 8.79. The van der Waals surface area contributed by atoms with Crippen molar-refractivity contribution < 1.29 is 4.74 Å². The Morgan fingerprint density at radius 3 is 2.60 bits per heavy atom. The molecule has 0 bridgehead atoms. The zero-order valence-corrected chi connectivity index (χ0v) is 14.5. The van der Waals surface area contributed by atoms with Gasteiger partial charge >= 0.3 is 0 Å². The topological polar surface area (TPSA) is 82.3 Å². The van der Waals surface area contributed by atoms with E-state index in [4.69, 9.17) is 21.6 Å². The van der Waals surface area contributed by atoms with Crippen LogP contribution in [0.5, 0.6) is 5.75 Å². The van der Waals surface area contributed by atoms with E-state index in [-0.39, 0.29) is 0 Å². The Morgan fingerprint density at radius 2 is 1.88 bits per heavy atom. The lowest BCUT2D eigenvalue weighted by atomic mass is 10.2. The molecular weight excluding hydrogens is 338 g/mol. The molecule has 130 valence electrons. The van der Waals surface area contributed by atoms with E-state index in [0.717, 1.165) is 37.2 Å². The number of pyridine rings is 1. The second-order valence-electron chi connectivity index (χ2n) is 5.19. The minimum Gasteiger partial charge on any atom is -0.494 e. The summed E-state index contributed by atoms with van der Waals surface area (Å²) >= 11 is 5.83. The van der Waals surface area contributed by atoms with Crippen molar-refractivity contribution in [2.75, 3.05) is 13.2 Å². The van der Waals surface area contributed by atoms with Crippen molar-refractivity contribution in [3.05, 3.63) is 53.8 Å².